The molecule has 22 heavy (non-hydrogen) atoms. The van der Waals surface area contributed by atoms with Crippen LogP contribution in [0.1, 0.15) is 36.8 Å². The lowest BCUT2D eigenvalue weighted by molar-refractivity contribution is -0.137. The third kappa shape index (κ3) is 3.53. The van der Waals surface area contributed by atoms with Gasteiger partial charge in [-0.15, -0.1) is 0 Å². The van der Waals surface area contributed by atoms with Crippen LogP contribution in [0.2, 0.25) is 0 Å². The Hall–Kier alpha value is -1.74. The molecule has 0 bridgehead atoms. The molecule has 120 valence electrons. The molecule has 1 saturated carbocycles. The molecule has 1 N–H and O–H groups in total. The molecular formula is C16H20F3N3. The van der Waals surface area contributed by atoms with E-state index in [2.05, 4.69) is 5.32 Å². The number of benzene rings is 1. The summed E-state index contributed by atoms with van der Waals surface area (Å²) in [5.74, 6) is 0. The van der Waals surface area contributed by atoms with Crippen molar-refractivity contribution >= 4 is 5.69 Å². The Kier molecular flexibility index (Phi) is 4.97. The summed E-state index contributed by atoms with van der Waals surface area (Å²) < 4.78 is 39.1. The number of hydrogen-bond donors (Lipinski definition) is 1. The minimum atomic E-state index is -4.51. The number of alkyl halides is 3. The summed E-state index contributed by atoms with van der Waals surface area (Å²) in [4.78, 5) is 1.91. The first-order valence-electron chi connectivity index (χ1n) is 7.38. The first kappa shape index (κ1) is 16.6. The van der Waals surface area contributed by atoms with Crippen LogP contribution in [-0.2, 0) is 6.18 Å². The minimum absolute atomic E-state index is 0.235. The smallest absolute Gasteiger partial charge is 0.372 e. The summed E-state index contributed by atoms with van der Waals surface area (Å²) in [6.45, 7) is 0. The minimum Gasteiger partial charge on any atom is -0.372 e. The van der Waals surface area contributed by atoms with Gasteiger partial charge in [-0.2, -0.15) is 18.4 Å². The number of nitrogens with zero attached hydrogens (tertiary/aromatic N) is 2. The van der Waals surface area contributed by atoms with Crippen molar-refractivity contribution in [3.05, 3.63) is 29.3 Å². The third-order valence-electron chi connectivity index (χ3n) is 4.49. The Morgan fingerprint density at radius 1 is 1.23 bits per heavy atom. The van der Waals surface area contributed by atoms with E-state index in [1.807, 2.05) is 19.0 Å². The average molecular weight is 311 g/mol. The van der Waals surface area contributed by atoms with Crippen LogP contribution in [0, 0.1) is 11.3 Å². The van der Waals surface area contributed by atoms with E-state index in [9.17, 15) is 13.2 Å². The Morgan fingerprint density at radius 2 is 1.86 bits per heavy atom. The molecule has 1 aromatic rings. The second-order valence-electron chi connectivity index (χ2n) is 5.74. The molecule has 0 radical (unpaired) electrons. The van der Waals surface area contributed by atoms with Gasteiger partial charge in [0.1, 0.15) is 0 Å². The number of anilines is 1. The summed E-state index contributed by atoms with van der Waals surface area (Å²) in [7, 11) is 3.76. The molecule has 1 aliphatic carbocycles. The van der Waals surface area contributed by atoms with E-state index in [0.29, 0.717) is 11.7 Å². The zero-order chi connectivity index (χ0) is 16.3. The van der Waals surface area contributed by atoms with Crippen molar-refractivity contribution < 1.29 is 13.2 Å². The third-order valence-corrected chi connectivity index (χ3v) is 4.49. The second kappa shape index (κ2) is 6.57. The Balaban J connectivity index is 2.21. The van der Waals surface area contributed by atoms with Crippen molar-refractivity contribution in [2.45, 2.75) is 43.9 Å². The molecule has 0 aromatic heterocycles. The Bertz CT molecular complexity index is 555. The van der Waals surface area contributed by atoms with Crippen molar-refractivity contribution in [1.29, 1.82) is 5.26 Å². The van der Waals surface area contributed by atoms with Gasteiger partial charge in [0, 0.05) is 24.8 Å². The van der Waals surface area contributed by atoms with E-state index >= 15 is 0 Å². The van der Waals surface area contributed by atoms with E-state index in [-0.39, 0.29) is 11.6 Å². The van der Waals surface area contributed by atoms with Gasteiger partial charge in [0.2, 0.25) is 0 Å². The van der Waals surface area contributed by atoms with Crippen molar-refractivity contribution in [2.75, 3.05) is 19.0 Å². The zero-order valence-electron chi connectivity index (χ0n) is 12.7. The number of nitrogens with one attached hydrogen (secondary N) is 1. The van der Waals surface area contributed by atoms with Crippen molar-refractivity contribution in [1.82, 2.24) is 5.32 Å². The van der Waals surface area contributed by atoms with Crippen LogP contribution in [0.25, 0.3) is 0 Å². The van der Waals surface area contributed by atoms with Crippen LogP contribution in [0.15, 0.2) is 18.2 Å². The molecule has 0 atom stereocenters. The summed E-state index contributed by atoms with van der Waals surface area (Å²) in [5.41, 5.74) is -0.675. The second-order valence-corrected chi connectivity index (χ2v) is 5.74. The van der Waals surface area contributed by atoms with Gasteiger partial charge in [0.15, 0.2) is 0 Å². The highest BCUT2D eigenvalue weighted by atomic mass is 19.4. The quantitative estimate of drug-likeness (QED) is 0.928. The topological polar surface area (TPSA) is 39.1 Å². The maximum absolute atomic E-state index is 13.0. The van der Waals surface area contributed by atoms with Crippen molar-refractivity contribution in [3.63, 3.8) is 0 Å². The van der Waals surface area contributed by atoms with Gasteiger partial charge in [0.25, 0.3) is 0 Å². The normalized spacial score (nSPS) is 22.2. The van der Waals surface area contributed by atoms with Crippen LogP contribution in [0.3, 0.4) is 0 Å². The monoisotopic (exact) mass is 311 g/mol. The van der Waals surface area contributed by atoms with E-state index in [0.717, 1.165) is 31.7 Å². The molecule has 0 heterocycles. The SMILES string of the molecule is CNC1CCC(N(C)c2ccc(C#N)c(C(F)(F)F)c2)CC1. The van der Waals surface area contributed by atoms with Gasteiger partial charge in [-0.05, 0) is 50.9 Å². The fourth-order valence-electron chi connectivity index (χ4n) is 3.05. The standard InChI is InChI=1S/C16H20F3N3/c1-21-12-4-7-13(8-5-12)22(2)14-6-3-11(10-20)15(9-14)16(17,18)19/h3,6,9,12-13,21H,4-5,7-8H2,1-2H3. The molecule has 0 spiro atoms. The molecule has 1 aliphatic rings. The lowest BCUT2D eigenvalue weighted by Crippen LogP contribution is -2.39. The lowest BCUT2D eigenvalue weighted by atomic mass is 9.90. The molecule has 0 amide bonds. The maximum Gasteiger partial charge on any atom is 0.417 e. The molecule has 1 fully saturated rings. The predicted molar refractivity (Wildman–Crippen MR) is 79.7 cm³/mol. The largest absolute Gasteiger partial charge is 0.417 e. The summed E-state index contributed by atoms with van der Waals surface area (Å²) in [6.07, 6.45) is -0.569. The molecule has 0 unspecified atom stereocenters. The molecule has 1 aromatic carbocycles. The first-order chi connectivity index (χ1) is 10.4. The van der Waals surface area contributed by atoms with Crippen LogP contribution in [0.4, 0.5) is 18.9 Å². The molecule has 0 aliphatic heterocycles. The van der Waals surface area contributed by atoms with Gasteiger partial charge in [0.05, 0.1) is 17.2 Å². The predicted octanol–water partition coefficient (Wildman–Crippen LogP) is 3.54. The van der Waals surface area contributed by atoms with Gasteiger partial charge >= 0.3 is 6.18 Å². The van der Waals surface area contributed by atoms with E-state index in [4.69, 9.17) is 5.26 Å². The zero-order valence-corrected chi connectivity index (χ0v) is 12.7. The van der Waals surface area contributed by atoms with Gasteiger partial charge < -0.3 is 10.2 Å². The van der Waals surface area contributed by atoms with Gasteiger partial charge in [-0.1, -0.05) is 0 Å². The summed E-state index contributed by atoms with van der Waals surface area (Å²) >= 11 is 0. The number of rotatable bonds is 3. The summed E-state index contributed by atoms with van der Waals surface area (Å²) in [5, 5.41) is 12.1. The highest BCUT2D eigenvalue weighted by molar-refractivity contribution is 5.55. The Labute approximate surface area is 128 Å². The lowest BCUT2D eigenvalue weighted by Gasteiger charge is -2.36. The highest BCUT2D eigenvalue weighted by Crippen LogP contribution is 2.35. The average Bonchev–Trinajstić information content (AvgIpc) is 2.52. The number of hydrogen-bond acceptors (Lipinski definition) is 3. The van der Waals surface area contributed by atoms with Gasteiger partial charge in [-0.3, -0.25) is 0 Å². The highest BCUT2D eigenvalue weighted by Gasteiger charge is 2.34. The molecule has 6 heteroatoms. The van der Waals surface area contributed by atoms with Crippen LogP contribution >= 0.6 is 0 Å². The van der Waals surface area contributed by atoms with Crippen LogP contribution in [-0.4, -0.2) is 26.2 Å². The van der Waals surface area contributed by atoms with Crippen molar-refractivity contribution in [3.8, 4) is 6.07 Å². The summed E-state index contributed by atoms with van der Waals surface area (Å²) in [6, 6.07) is 6.28. The van der Waals surface area contributed by atoms with Crippen molar-refractivity contribution in [2.24, 2.45) is 0 Å². The van der Waals surface area contributed by atoms with E-state index < -0.39 is 11.7 Å². The number of halogens is 3. The van der Waals surface area contributed by atoms with Crippen LogP contribution in [0.5, 0.6) is 0 Å². The van der Waals surface area contributed by atoms with Crippen LogP contribution < -0.4 is 10.2 Å². The van der Waals surface area contributed by atoms with E-state index in [1.165, 1.54) is 6.07 Å². The molecule has 2 rings (SSSR count). The number of nitriles is 1. The first-order valence-corrected chi connectivity index (χ1v) is 7.38. The fourth-order valence-corrected chi connectivity index (χ4v) is 3.05. The fraction of sp³-hybridized carbons (Fsp3) is 0.562. The Morgan fingerprint density at radius 3 is 2.36 bits per heavy atom. The van der Waals surface area contributed by atoms with E-state index in [1.54, 1.807) is 12.1 Å². The molecule has 3 nitrogen and oxygen atoms in total. The molecular weight excluding hydrogens is 291 g/mol. The molecule has 0 saturated heterocycles. The van der Waals surface area contributed by atoms with Gasteiger partial charge in [-0.25, -0.2) is 0 Å². The maximum atomic E-state index is 13.0.